The van der Waals surface area contributed by atoms with Crippen molar-refractivity contribution >= 4 is 11.7 Å². The number of nitrogens with two attached hydrogens (primary N) is 2. The lowest BCUT2D eigenvalue weighted by Gasteiger charge is -1.96. The number of hydrogen-bond acceptors (Lipinski definition) is 2. The van der Waals surface area contributed by atoms with Crippen LogP contribution >= 0.6 is 0 Å². The highest BCUT2D eigenvalue weighted by atomic mass is 15.3. The Morgan fingerprint density at radius 3 is 2.71 bits per heavy atom. The van der Waals surface area contributed by atoms with E-state index in [9.17, 15) is 0 Å². The van der Waals surface area contributed by atoms with Crippen LogP contribution in [0.5, 0.6) is 0 Å². The molecule has 0 amide bonds. The number of nitrogens with zero attached hydrogens (tertiary/aromatic N) is 2. The van der Waals surface area contributed by atoms with Gasteiger partial charge in [-0.05, 0) is 18.4 Å². The Hall–Kier alpha value is -1.84. The first kappa shape index (κ1) is 8.74. The molecule has 4 N–H and O–H groups in total. The van der Waals surface area contributed by atoms with Gasteiger partial charge in [0.25, 0.3) is 0 Å². The summed E-state index contributed by atoms with van der Waals surface area (Å²) in [7, 11) is 0. The zero-order chi connectivity index (χ0) is 9.97. The monoisotopic (exact) mass is 188 g/mol. The van der Waals surface area contributed by atoms with Crippen molar-refractivity contribution < 1.29 is 0 Å². The summed E-state index contributed by atoms with van der Waals surface area (Å²) in [4.78, 5) is 0. The number of guanidine groups is 1. The molecule has 2 rings (SSSR count). The first-order valence-electron chi connectivity index (χ1n) is 4.51. The summed E-state index contributed by atoms with van der Waals surface area (Å²) in [5.41, 5.74) is 13.9. The highest BCUT2D eigenvalue weighted by Crippen LogP contribution is 2.21. The molecule has 0 saturated heterocycles. The lowest BCUT2D eigenvalue weighted by Crippen LogP contribution is -2.22. The van der Waals surface area contributed by atoms with Crippen molar-refractivity contribution in [1.29, 1.82) is 0 Å². The molecular formula is C10H12N4. The number of rotatable bonds is 1. The van der Waals surface area contributed by atoms with Crippen molar-refractivity contribution in [2.45, 2.75) is 12.8 Å². The molecule has 0 bridgehead atoms. The lowest BCUT2D eigenvalue weighted by atomic mass is 10.1. The quantitative estimate of drug-likeness (QED) is 0.385. The van der Waals surface area contributed by atoms with Crippen LogP contribution in [0.25, 0.3) is 0 Å². The minimum Gasteiger partial charge on any atom is -0.369 e. The molecule has 1 aliphatic rings. The van der Waals surface area contributed by atoms with Gasteiger partial charge >= 0.3 is 0 Å². The maximum Gasteiger partial charge on any atom is 0.211 e. The zero-order valence-corrected chi connectivity index (χ0v) is 7.77. The molecule has 0 aromatic heterocycles. The van der Waals surface area contributed by atoms with Gasteiger partial charge in [-0.15, -0.1) is 5.10 Å². The Balaban J connectivity index is 2.35. The Morgan fingerprint density at radius 2 is 1.93 bits per heavy atom. The van der Waals surface area contributed by atoms with Gasteiger partial charge in [-0.3, -0.25) is 0 Å². The Bertz CT molecular complexity index is 402. The SMILES string of the molecule is NC(N)=NN=C1CCc2ccccc21. The molecule has 4 nitrogen and oxygen atoms in total. The fourth-order valence-electron chi connectivity index (χ4n) is 1.63. The van der Waals surface area contributed by atoms with Crippen molar-refractivity contribution in [1.82, 2.24) is 0 Å². The number of benzene rings is 1. The van der Waals surface area contributed by atoms with E-state index in [1.807, 2.05) is 18.2 Å². The van der Waals surface area contributed by atoms with Gasteiger partial charge in [0.05, 0.1) is 5.71 Å². The summed E-state index contributed by atoms with van der Waals surface area (Å²) in [5.74, 6) is 0.00174. The second kappa shape index (κ2) is 3.49. The van der Waals surface area contributed by atoms with Crippen LogP contribution in [0.3, 0.4) is 0 Å². The van der Waals surface area contributed by atoms with Gasteiger partial charge in [0.1, 0.15) is 0 Å². The molecular weight excluding hydrogens is 176 g/mol. The maximum absolute atomic E-state index is 5.21. The summed E-state index contributed by atoms with van der Waals surface area (Å²) in [6.07, 6.45) is 1.94. The smallest absolute Gasteiger partial charge is 0.211 e. The van der Waals surface area contributed by atoms with E-state index in [-0.39, 0.29) is 5.96 Å². The van der Waals surface area contributed by atoms with Gasteiger partial charge in [-0.25, -0.2) is 0 Å². The minimum atomic E-state index is 0.00174. The van der Waals surface area contributed by atoms with E-state index < -0.39 is 0 Å². The van der Waals surface area contributed by atoms with Crippen LogP contribution in [0.4, 0.5) is 0 Å². The van der Waals surface area contributed by atoms with E-state index in [0.29, 0.717) is 0 Å². The fourth-order valence-corrected chi connectivity index (χ4v) is 1.63. The van der Waals surface area contributed by atoms with E-state index in [4.69, 9.17) is 11.5 Å². The van der Waals surface area contributed by atoms with Crippen LogP contribution < -0.4 is 11.5 Å². The molecule has 0 fully saturated rings. The third-order valence-electron chi connectivity index (χ3n) is 2.25. The number of fused-ring (bicyclic) bond motifs is 1. The van der Waals surface area contributed by atoms with Crippen LogP contribution in [0.2, 0.25) is 0 Å². The molecule has 0 aliphatic heterocycles. The van der Waals surface area contributed by atoms with Crippen LogP contribution in [-0.4, -0.2) is 11.7 Å². The van der Waals surface area contributed by atoms with E-state index >= 15 is 0 Å². The average Bonchev–Trinajstić information content (AvgIpc) is 2.58. The number of aryl methyl sites for hydroxylation is 1. The second-order valence-electron chi connectivity index (χ2n) is 3.23. The molecule has 0 spiro atoms. The summed E-state index contributed by atoms with van der Waals surface area (Å²) in [6, 6.07) is 8.17. The second-order valence-corrected chi connectivity index (χ2v) is 3.23. The Kier molecular flexibility index (Phi) is 2.18. The maximum atomic E-state index is 5.21. The van der Waals surface area contributed by atoms with E-state index in [2.05, 4.69) is 16.3 Å². The third-order valence-corrected chi connectivity index (χ3v) is 2.25. The average molecular weight is 188 g/mol. The molecule has 1 aromatic carbocycles. The highest BCUT2D eigenvalue weighted by Gasteiger charge is 2.16. The normalized spacial score (nSPS) is 16.7. The lowest BCUT2D eigenvalue weighted by molar-refractivity contribution is 1.08. The highest BCUT2D eigenvalue weighted by molar-refractivity contribution is 6.04. The van der Waals surface area contributed by atoms with E-state index in [1.54, 1.807) is 0 Å². The largest absolute Gasteiger partial charge is 0.369 e. The van der Waals surface area contributed by atoms with Crippen molar-refractivity contribution in [2.75, 3.05) is 0 Å². The fraction of sp³-hybridized carbons (Fsp3) is 0.200. The molecule has 14 heavy (non-hydrogen) atoms. The summed E-state index contributed by atoms with van der Waals surface area (Å²) >= 11 is 0. The molecule has 1 aliphatic carbocycles. The third kappa shape index (κ3) is 1.59. The van der Waals surface area contributed by atoms with Gasteiger partial charge in [0, 0.05) is 5.56 Å². The van der Waals surface area contributed by atoms with Crippen molar-refractivity contribution in [3.63, 3.8) is 0 Å². The predicted octanol–water partition coefficient (Wildman–Crippen LogP) is 0.610. The molecule has 4 heteroatoms. The molecule has 1 aromatic rings. The Labute approximate surface area is 82.3 Å². The molecule has 0 unspecified atom stereocenters. The standard InChI is InChI=1S/C10H12N4/c11-10(12)14-13-9-6-5-7-3-1-2-4-8(7)9/h1-4H,5-6H2,(H4,11,12,14). The topological polar surface area (TPSA) is 76.8 Å². The Morgan fingerprint density at radius 1 is 1.14 bits per heavy atom. The molecule has 0 saturated carbocycles. The summed E-state index contributed by atoms with van der Waals surface area (Å²) in [5, 5.41) is 7.68. The summed E-state index contributed by atoms with van der Waals surface area (Å²) < 4.78 is 0. The predicted molar refractivity (Wildman–Crippen MR) is 57.1 cm³/mol. The van der Waals surface area contributed by atoms with Crippen molar-refractivity contribution in [3.05, 3.63) is 35.4 Å². The minimum absolute atomic E-state index is 0.00174. The number of hydrogen-bond donors (Lipinski definition) is 2. The van der Waals surface area contributed by atoms with Gasteiger partial charge in [0.15, 0.2) is 0 Å². The zero-order valence-electron chi connectivity index (χ0n) is 7.77. The molecule has 72 valence electrons. The van der Waals surface area contributed by atoms with Crippen molar-refractivity contribution in [3.8, 4) is 0 Å². The van der Waals surface area contributed by atoms with E-state index in [1.165, 1.54) is 5.56 Å². The van der Waals surface area contributed by atoms with Gasteiger partial charge in [0.2, 0.25) is 5.96 Å². The van der Waals surface area contributed by atoms with Gasteiger partial charge in [-0.1, -0.05) is 24.3 Å². The summed E-state index contributed by atoms with van der Waals surface area (Å²) in [6.45, 7) is 0. The van der Waals surface area contributed by atoms with Crippen LogP contribution in [0, 0.1) is 0 Å². The molecule has 0 heterocycles. The van der Waals surface area contributed by atoms with Crippen molar-refractivity contribution in [2.24, 2.45) is 21.7 Å². The van der Waals surface area contributed by atoms with Crippen LogP contribution in [0.15, 0.2) is 34.5 Å². The first-order valence-corrected chi connectivity index (χ1v) is 4.51. The first-order chi connectivity index (χ1) is 6.77. The molecule has 0 atom stereocenters. The van der Waals surface area contributed by atoms with Gasteiger partial charge in [-0.2, -0.15) is 5.10 Å². The van der Waals surface area contributed by atoms with Crippen LogP contribution in [-0.2, 0) is 6.42 Å². The van der Waals surface area contributed by atoms with Gasteiger partial charge < -0.3 is 11.5 Å². The van der Waals surface area contributed by atoms with Crippen LogP contribution in [0.1, 0.15) is 17.5 Å². The van der Waals surface area contributed by atoms with E-state index in [0.717, 1.165) is 24.1 Å². The molecule has 0 radical (unpaired) electrons.